The van der Waals surface area contributed by atoms with Crippen molar-refractivity contribution >= 4 is 0 Å². The van der Waals surface area contributed by atoms with Crippen LogP contribution in [0.5, 0.6) is 11.5 Å². The molecule has 0 spiro atoms. The third-order valence-electron chi connectivity index (χ3n) is 1.98. The summed E-state index contributed by atoms with van der Waals surface area (Å²) in [4.78, 5) is 0. The van der Waals surface area contributed by atoms with Gasteiger partial charge in [0.05, 0.1) is 7.11 Å². The Morgan fingerprint density at radius 3 is 2.73 bits per heavy atom. The molecule has 0 aliphatic rings. The molecule has 0 fully saturated rings. The van der Waals surface area contributed by atoms with Crippen LogP contribution in [0.2, 0.25) is 0 Å². The van der Waals surface area contributed by atoms with E-state index in [1.807, 2.05) is 25.2 Å². The van der Waals surface area contributed by atoms with Gasteiger partial charge in [0.15, 0.2) is 11.5 Å². The van der Waals surface area contributed by atoms with Crippen molar-refractivity contribution in [3.05, 3.63) is 23.8 Å². The molecule has 0 heterocycles. The van der Waals surface area contributed by atoms with Crippen LogP contribution < -0.4 is 20.5 Å². The topological polar surface area (TPSA) is 56.5 Å². The fourth-order valence-corrected chi connectivity index (χ4v) is 1.32. The minimum Gasteiger partial charge on any atom is -0.493 e. The van der Waals surface area contributed by atoms with Crippen molar-refractivity contribution in [1.29, 1.82) is 0 Å². The van der Waals surface area contributed by atoms with Crippen LogP contribution in [0.15, 0.2) is 18.2 Å². The highest BCUT2D eigenvalue weighted by atomic mass is 16.5. The first-order valence-electron chi connectivity index (χ1n) is 4.96. The Bertz CT molecular complexity index is 303. The van der Waals surface area contributed by atoms with Gasteiger partial charge in [0.2, 0.25) is 0 Å². The van der Waals surface area contributed by atoms with Gasteiger partial charge in [0, 0.05) is 13.1 Å². The van der Waals surface area contributed by atoms with Crippen molar-refractivity contribution in [2.45, 2.75) is 6.54 Å². The molecule has 3 N–H and O–H groups in total. The van der Waals surface area contributed by atoms with Crippen LogP contribution in [0.25, 0.3) is 0 Å². The number of benzene rings is 1. The van der Waals surface area contributed by atoms with E-state index in [-0.39, 0.29) is 0 Å². The summed E-state index contributed by atoms with van der Waals surface area (Å²) >= 11 is 0. The molecule has 1 aromatic carbocycles. The molecule has 4 heteroatoms. The molecule has 0 radical (unpaired) electrons. The second kappa shape index (κ2) is 6.27. The number of methoxy groups -OCH3 is 1. The summed E-state index contributed by atoms with van der Waals surface area (Å²) in [5.41, 5.74) is 6.54. The summed E-state index contributed by atoms with van der Waals surface area (Å²) in [6, 6.07) is 5.87. The largest absolute Gasteiger partial charge is 0.493 e. The Kier molecular flexibility index (Phi) is 4.93. The van der Waals surface area contributed by atoms with Gasteiger partial charge in [-0.2, -0.15) is 0 Å². The second-order valence-corrected chi connectivity index (χ2v) is 3.15. The monoisotopic (exact) mass is 210 g/mol. The first-order chi connectivity index (χ1) is 7.31. The molecule has 0 bridgehead atoms. The van der Waals surface area contributed by atoms with Gasteiger partial charge < -0.3 is 20.5 Å². The molecular weight excluding hydrogens is 192 g/mol. The van der Waals surface area contributed by atoms with Crippen LogP contribution in [0, 0.1) is 0 Å². The van der Waals surface area contributed by atoms with E-state index in [1.165, 1.54) is 0 Å². The van der Waals surface area contributed by atoms with Crippen LogP contribution in [-0.4, -0.2) is 27.3 Å². The molecule has 1 rings (SSSR count). The van der Waals surface area contributed by atoms with Gasteiger partial charge in [0.25, 0.3) is 0 Å². The quantitative estimate of drug-likeness (QED) is 0.727. The van der Waals surface area contributed by atoms with Crippen molar-refractivity contribution in [2.24, 2.45) is 5.73 Å². The number of hydrogen-bond donors (Lipinski definition) is 2. The van der Waals surface area contributed by atoms with Crippen molar-refractivity contribution in [3.63, 3.8) is 0 Å². The predicted molar refractivity (Wildman–Crippen MR) is 60.3 cm³/mol. The average molecular weight is 210 g/mol. The zero-order valence-electron chi connectivity index (χ0n) is 9.25. The summed E-state index contributed by atoms with van der Waals surface area (Å²) < 4.78 is 10.7. The van der Waals surface area contributed by atoms with Crippen LogP contribution >= 0.6 is 0 Å². The summed E-state index contributed by atoms with van der Waals surface area (Å²) in [6.45, 7) is 1.81. The highest BCUT2D eigenvalue weighted by Crippen LogP contribution is 2.27. The molecule has 0 saturated carbocycles. The standard InChI is InChI=1S/C11H18N2O2/c1-13-8-9-3-4-10(14-2)11(7-9)15-6-5-12/h3-4,7,13H,5-6,8,12H2,1-2H3. The van der Waals surface area contributed by atoms with Gasteiger partial charge in [-0.1, -0.05) is 6.07 Å². The zero-order chi connectivity index (χ0) is 11.1. The normalized spacial score (nSPS) is 10.1. The molecule has 0 aromatic heterocycles. The van der Waals surface area contributed by atoms with E-state index in [1.54, 1.807) is 7.11 Å². The smallest absolute Gasteiger partial charge is 0.161 e. The highest BCUT2D eigenvalue weighted by Gasteiger charge is 2.04. The number of ether oxygens (including phenoxy) is 2. The van der Waals surface area contributed by atoms with E-state index >= 15 is 0 Å². The van der Waals surface area contributed by atoms with E-state index in [2.05, 4.69) is 5.32 Å². The van der Waals surface area contributed by atoms with Crippen LogP contribution in [-0.2, 0) is 6.54 Å². The summed E-state index contributed by atoms with van der Waals surface area (Å²) in [5.74, 6) is 1.49. The molecule has 15 heavy (non-hydrogen) atoms. The molecule has 0 aliphatic carbocycles. The summed E-state index contributed by atoms with van der Waals surface area (Å²) in [6.07, 6.45) is 0. The molecule has 0 saturated heterocycles. The lowest BCUT2D eigenvalue weighted by atomic mass is 10.2. The van der Waals surface area contributed by atoms with Gasteiger partial charge >= 0.3 is 0 Å². The number of nitrogens with two attached hydrogens (primary N) is 1. The zero-order valence-corrected chi connectivity index (χ0v) is 9.25. The first-order valence-corrected chi connectivity index (χ1v) is 4.96. The third-order valence-corrected chi connectivity index (χ3v) is 1.98. The van der Waals surface area contributed by atoms with E-state index in [0.717, 1.165) is 23.6 Å². The second-order valence-electron chi connectivity index (χ2n) is 3.15. The molecule has 4 nitrogen and oxygen atoms in total. The van der Waals surface area contributed by atoms with Crippen molar-refractivity contribution < 1.29 is 9.47 Å². The predicted octanol–water partition coefficient (Wildman–Crippen LogP) is 0.752. The third kappa shape index (κ3) is 3.42. The fourth-order valence-electron chi connectivity index (χ4n) is 1.32. The molecular formula is C11H18N2O2. The Labute approximate surface area is 90.4 Å². The number of nitrogens with one attached hydrogen (secondary N) is 1. The molecule has 0 amide bonds. The van der Waals surface area contributed by atoms with Crippen LogP contribution in [0.4, 0.5) is 0 Å². The molecule has 0 aliphatic heterocycles. The minimum absolute atomic E-state index is 0.499. The maximum absolute atomic E-state index is 5.49. The van der Waals surface area contributed by atoms with Crippen molar-refractivity contribution in [2.75, 3.05) is 27.3 Å². The van der Waals surface area contributed by atoms with Gasteiger partial charge in [0.1, 0.15) is 6.61 Å². The number of hydrogen-bond acceptors (Lipinski definition) is 4. The van der Waals surface area contributed by atoms with Gasteiger partial charge in [-0.25, -0.2) is 0 Å². The first kappa shape index (κ1) is 11.8. The Balaban J connectivity index is 2.81. The van der Waals surface area contributed by atoms with Crippen molar-refractivity contribution in [3.8, 4) is 11.5 Å². The lowest BCUT2D eigenvalue weighted by Gasteiger charge is -2.11. The van der Waals surface area contributed by atoms with Gasteiger partial charge in [-0.05, 0) is 24.7 Å². The van der Waals surface area contributed by atoms with E-state index in [4.69, 9.17) is 15.2 Å². The minimum atomic E-state index is 0.499. The number of rotatable bonds is 6. The maximum atomic E-state index is 5.49. The molecule has 84 valence electrons. The van der Waals surface area contributed by atoms with Gasteiger partial charge in [-0.3, -0.25) is 0 Å². The Hall–Kier alpha value is -1.26. The van der Waals surface area contributed by atoms with E-state index < -0.39 is 0 Å². The van der Waals surface area contributed by atoms with Crippen LogP contribution in [0.1, 0.15) is 5.56 Å². The SMILES string of the molecule is CNCc1ccc(OC)c(OCCN)c1. The molecule has 0 atom stereocenters. The average Bonchev–Trinajstić information content (AvgIpc) is 2.27. The van der Waals surface area contributed by atoms with Gasteiger partial charge in [-0.15, -0.1) is 0 Å². The maximum Gasteiger partial charge on any atom is 0.161 e. The van der Waals surface area contributed by atoms with Crippen LogP contribution in [0.3, 0.4) is 0 Å². The highest BCUT2D eigenvalue weighted by molar-refractivity contribution is 5.42. The summed E-state index contributed by atoms with van der Waals surface area (Å²) in [5, 5.41) is 3.08. The van der Waals surface area contributed by atoms with E-state index in [9.17, 15) is 0 Å². The summed E-state index contributed by atoms with van der Waals surface area (Å²) in [7, 11) is 3.53. The Morgan fingerprint density at radius 2 is 2.13 bits per heavy atom. The lowest BCUT2D eigenvalue weighted by molar-refractivity contribution is 0.302. The van der Waals surface area contributed by atoms with Crippen molar-refractivity contribution in [1.82, 2.24) is 5.32 Å². The lowest BCUT2D eigenvalue weighted by Crippen LogP contribution is -2.11. The Morgan fingerprint density at radius 1 is 1.33 bits per heavy atom. The molecule has 1 aromatic rings. The molecule has 0 unspecified atom stereocenters. The van der Waals surface area contributed by atoms with E-state index in [0.29, 0.717) is 13.2 Å². The fraction of sp³-hybridized carbons (Fsp3) is 0.455.